The fraction of sp³-hybridized carbons (Fsp3) is 0.348. The average Bonchev–Trinajstić information content (AvgIpc) is 3.17. The molecule has 0 spiro atoms. The van der Waals surface area contributed by atoms with Crippen molar-refractivity contribution in [2.75, 3.05) is 18.1 Å². The number of aromatic amines is 1. The van der Waals surface area contributed by atoms with Gasteiger partial charge in [0.25, 0.3) is 5.91 Å². The molecule has 1 amide bonds. The highest BCUT2D eigenvalue weighted by Crippen LogP contribution is 2.22. The van der Waals surface area contributed by atoms with Gasteiger partial charge in [0.2, 0.25) is 0 Å². The molecule has 0 radical (unpaired) electrons. The fourth-order valence-electron chi connectivity index (χ4n) is 4.26. The van der Waals surface area contributed by atoms with Crippen LogP contribution in [0.4, 0.5) is 0 Å². The number of hydrogen-bond acceptors (Lipinski definition) is 4. The number of para-hydroxylation sites is 1. The number of carbonyl (C=O) groups excluding carboxylic acids is 1. The van der Waals surface area contributed by atoms with E-state index in [4.69, 9.17) is 0 Å². The van der Waals surface area contributed by atoms with E-state index in [1.54, 1.807) is 4.90 Å². The van der Waals surface area contributed by atoms with E-state index in [9.17, 15) is 13.2 Å². The number of sulfone groups is 1. The Morgan fingerprint density at radius 1 is 1.10 bits per heavy atom. The number of benzene rings is 2. The van der Waals surface area contributed by atoms with Gasteiger partial charge in [-0.05, 0) is 31.0 Å². The molecular weight excluding hydrogens is 398 g/mol. The maximum atomic E-state index is 13.2. The maximum Gasteiger partial charge on any atom is 0.270 e. The van der Waals surface area contributed by atoms with E-state index in [-0.39, 0.29) is 29.5 Å². The second-order valence-electron chi connectivity index (χ2n) is 7.89. The van der Waals surface area contributed by atoms with Crippen molar-refractivity contribution in [1.82, 2.24) is 15.2 Å². The number of rotatable bonds is 6. The second kappa shape index (κ2) is 8.62. The van der Waals surface area contributed by atoms with Gasteiger partial charge in [-0.1, -0.05) is 48.5 Å². The molecule has 30 heavy (non-hydrogen) atoms. The Bertz CT molecular complexity index is 1090. The van der Waals surface area contributed by atoms with Gasteiger partial charge in [-0.15, -0.1) is 0 Å². The SMILES string of the molecule is CCN(C(=O)c1cc2ccccc2[nH]1)[C@@H]1C[C@H](NCc2ccccc2)CS(=O)(=O)C1. The Kier molecular flexibility index (Phi) is 5.92. The zero-order valence-electron chi connectivity index (χ0n) is 17.0. The normalized spacial score (nSPS) is 20.8. The molecule has 2 heterocycles. The first-order valence-electron chi connectivity index (χ1n) is 10.3. The third-order valence-electron chi connectivity index (χ3n) is 5.70. The van der Waals surface area contributed by atoms with Crippen LogP contribution in [0, 0.1) is 0 Å². The lowest BCUT2D eigenvalue weighted by molar-refractivity contribution is 0.0682. The summed E-state index contributed by atoms with van der Waals surface area (Å²) in [6.07, 6.45) is 0.617. The Morgan fingerprint density at radius 2 is 1.83 bits per heavy atom. The molecule has 2 atom stereocenters. The standard InChI is InChI=1S/C23H27N3O3S/c1-2-26(23(27)22-12-18-10-6-7-11-21(18)25-22)20-13-19(15-30(28,29)16-20)24-14-17-8-4-3-5-9-17/h3-12,19-20,24-25H,2,13-16H2,1H3/t19-,20+/m0/s1. The number of H-pyrrole nitrogens is 1. The van der Waals surface area contributed by atoms with Crippen LogP contribution in [0.1, 0.15) is 29.4 Å². The van der Waals surface area contributed by atoms with E-state index in [0.717, 1.165) is 16.5 Å². The zero-order valence-corrected chi connectivity index (χ0v) is 17.9. The highest BCUT2D eigenvalue weighted by molar-refractivity contribution is 7.91. The van der Waals surface area contributed by atoms with E-state index in [1.807, 2.05) is 67.6 Å². The Balaban J connectivity index is 1.51. The number of hydrogen-bond donors (Lipinski definition) is 2. The van der Waals surface area contributed by atoms with Crippen LogP contribution in [0.3, 0.4) is 0 Å². The van der Waals surface area contributed by atoms with Crippen LogP contribution < -0.4 is 5.32 Å². The summed E-state index contributed by atoms with van der Waals surface area (Å²) in [7, 11) is -3.25. The molecule has 1 aromatic heterocycles. The van der Waals surface area contributed by atoms with Crippen LogP contribution in [-0.2, 0) is 16.4 Å². The first kappa shape index (κ1) is 20.6. The minimum Gasteiger partial charge on any atom is -0.351 e. The topological polar surface area (TPSA) is 82.3 Å². The molecule has 0 bridgehead atoms. The highest BCUT2D eigenvalue weighted by atomic mass is 32.2. The zero-order chi connectivity index (χ0) is 21.1. The molecule has 158 valence electrons. The smallest absolute Gasteiger partial charge is 0.270 e. The first-order chi connectivity index (χ1) is 14.4. The summed E-state index contributed by atoms with van der Waals surface area (Å²) in [5, 5.41) is 4.35. The largest absolute Gasteiger partial charge is 0.351 e. The second-order valence-corrected chi connectivity index (χ2v) is 10.0. The quantitative estimate of drug-likeness (QED) is 0.636. The number of fused-ring (bicyclic) bond motifs is 1. The average molecular weight is 426 g/mol. The van der Waals surface area contributed by atoms with Crippen molar-refractivity contribution >= 4 is 26.6 Å². The molecule has 7 heteroatoms. The molecule has 6 nitrogen and oxygen atoms in total. The minimum atomic E-state index is -3.25. The van der Waals surface area contributed by atoms with Gasteiger partial charge in [0.05, 0.1) is 11.5 Å². The highest BCUT2D eigenvalue weighted by Gasteiger charge is 2.36. The van der Waals surface area contributed by atoms with Crippen molar-refractivity contribution in [1.29, 1.82) is 0 Å². The molecule has 0 saturated carbocycles. The van der Waals surface area contributed by atoms with Crippen molar-refractivity contribution in [3.05, 3.63) is 71.9 Å². The lowest BCUT2D eigenvalue weighted by Crippen LogP contribution is -2.53. The Labute approximate surface area is 177 Å². The molecule has 1 aliphatic heterocycles. The monoisotopic (exact) mass is 425 g/mol. The summed E-state index contributed by atoms with van der Waals surface area (Å²) >= 11 is 0. The molecule has 4 rings (SSSR count). The van der Waals surface area contributed by atoms with E-state index in [2.05, 4.69) is 10.3 Å². The summed E-state index contributed by atoms with van der Waals surface area (Å²) in [5.41, 5.74) is 2.50. The number of aromatic nitrogens is 1. The number of nitrogens with zero attached hydrogens (tertiary/aromatic N) is 1. The summed E-state index contributed by atoms with van der Waals surface area (Å²) in [6, 6.07) is 19.0. The van der Waals surface area contributed by atoms with Crippen molar-refractivity contribution in [3.63, 3.8) is 0 Å². The van der Waals surface area contributed by atoms with Crippen molar-refractivity contribution in [2.45, 2.75) is 32.0 Å². The molecular formula is C23H27N3O3S. The van der Waals surface area contributed by atoms with Gasteiger partial charge < -0.3 is 15.2 Å². The number of carbonyl (C=O) groups is 1. The maximum absolute atomic E-state index is 13.2. The van der Waals surface area contributed by atoms with Crippen molar-refractivity contribution in [3.8, 4) is 0 Å². The van der Waals surface area contributed by atoms with E-state index >= 15 is 0 Å². The van der Waals surface area contributed by atoms with E-state index < -0.39 is 9.84 Å². The number of nitrogens with one attached hydrogen (secondary N) is 2. The van der Waals surface area contributed by atoms with E-state index in [1.165, 1.54) is 0 Å². The van der Waals surface area contributed by atoms with Gasteiger partial charge in [0, 0.05) is 36.1 Å². The molecule has 2 N–H and O–H groups in total. The van der Waals surface area contributed by atoms with Crippen LogP contribution in [0.15, 0.2) is 60.7 Å². The van der Waals surface area contributed by atoms with Crippen LogP contribution in [0.5, 0.6) is 0 Å². The third kappa shape index (κ3) is 4.57. The minimum absolute atomic E-state index is 0.0102. The Hall–Kier alpha value is -2.64. The number of amides is 1. The molecule has 1 aliphatic rings. The summed E-state index contributed by atoms with van der Waals surface area (Å²) in [4.78, 5) is 18.1. The first-order valence-corrected chi connectivity index (χ1v) is 12.1. The molecule has 1 saturated heterocycles. The van der Waals surface area contributed by atoms with Gasteiger partial charge in [0.15, 0.2) is 9.84 Å². The van der Waals surface area contributed by atoms with Gasteiger partial charge >= 0.3 is 0 Å². The lowest BCUT2D eigenvalue weighted by atomic mass is 10.1. The molecule has 1 fully saturated rings. The third-order valence-corrected chi connectivity index (χ3v) is 7.50. The molecule has 0 aliphatic carbocycles. The van der Waals surface area contributed by atoms with E-state index in [0.29, 0.717) is 25.2 Å². The molecule has 0 unspecified atom stereocenters. The van der Waals surface area contributed by atoms with Crippen LogP contribution in [-0.4, -0.2) is 54.3 Å². The van der Waals surface area contributed by atoms with Gasteiger partial charge in [-0.25, -0.2) is 8.42 Å². The summed E-state index contributed by atoms with van der Waals surface area (Å²) < 4.78 is 25.2. The van der Waals surface area contributed by atoms with Gasteiger partial charge in [-0.3, -0.25) is 4.79 Å². The van der Waals surface area contributed by atoms with Crippen LogP contribution >= 0.6 is 0 Å². The summed E-state index contributed by atoms with van der Waals surface area (Å²) in [6.45, 7) is 2.96. The van der Waals surface area contributed by atoms with Gasteiger partial charge in [0.1, 0.15) is 5.69 Å². The predicted molar refractivity (Wildman–Crippen MR) is 119 cm³/mol. The lowest BCUT2D eigenvalue weighted by Gasteiger charge is -2.37. The van der Waals surface area contributed by atoms with Crippen molar-refractivity contribution < 1.29 is 13.2 Å². The molecule has 2 aromatic carbocycles. The van der Waals surface area contributed by atoms with Crippen LogP contribution in [0.25, 0.3) is 10.9 Å². The molecule has 3 aromatic rings. The predicted octanol–water partition coefficient (Wildman–Crippen LogP) is 2.98. The summed E-state index contributed by atoms with van der Waals surface area (Å²) in [5.74, 6) is -0.0391. The van der Waals surface area contributed by atoms with Gasteiger partial charge in [-0.2, -0.15) is 0 Å². The fourth-order valence-corrected chi connectivity index (χ4v) is 6.17. The Morgan fingerprint density at radius 3 is 2.57 bits per heavy atom. The van der Waals surface area contributed by atoms with Crippen molar-refractivity contribution in [2.24, 2.45) is 0 Å². The van der Waals surface area contributed by atoms with Crippen LogP contribution in [0.2, 0.25) is 0 Å².